The summed E-state index contributed by atoms with van der Waals surface area (Å²) < 4.78 is 2.10. The van der Waals surface area contributed by atoms with Crippen LogP contribution in [0.4, 0.5) is 11.4 Å². The van der Waals surface area contributed by atoms with Crippen molar-refractivity contribution in [3.8, 4) is 0 Å². The predicted molar refractivity (Wildman–Crippen MR) is 155 cm³/mol. The molecule has 0 bridgehead atoms. The maximum Gasteiger partial charge on any atom is 0.0146 e. The molecular formula is C29H35Cl2N2RuS-. The van der Waals surface area contributed by atoms with Crippen LogP contribution in [0, 0.1) is 48.2 Å². The molecule has 35 heavy (non-hydrogen) atoms. The van der Waals surface area contributed by atoms with Crippen molar-refractivity contribution in [3.63, 3.8) is 0 Å². The number of rotatable bonds is 2. The second kappa shape index (κ2) is 10.6. The van der Waals surface area contributed by atoms with Crippen molar-refractivity contribution in [2.45, 2.75) is 46.4 Å². The quantitative estimate of drug-likeness (QED) is 0.211. The van der Waals surface area contributed by atoms with Crippen LogP contribution >= 0.6 is 27.8 Å². The van der Waals surface area contributed by atoms with Crippen LogP contribution in [0.25, 0.3) is 0 Å². The van der Waals surface area contributed by atoms with Gasteiger partial charge in [-0.25, -0.2) is 0 Å². The second-order valence-corrected chi connectivity index (χ2v) is 26.7. The molecule has 0 saturated carbocycles. The first-order chi connectivity index (χ1) is 16.5. The van der Waals surface area contributed by atoms with Gasteiger partial charge in [0.1, 0.15) is 0 Å². The summed E-state index contributed by atoms with van der Waals surface area (Å²) in [6.45, 7) is 17.6. The first-order valence-corrected chi connectivity index (χ1v) is 20.9. The number of aryl methyl sites for hydroxylation is 6. The van der Waals surface area contributed by atoms with Gasteiger partial charge in [0.2, 0.25) is 0 Å². The van der Waals surface area contributed by atoms with Gasteiger partial charge >= 0.3 is 83.9 Å². The Morgan fingerprint density at radius 3 is 1.60 bits per heavy atom. The van der Waals surface area contributed by atoms with Crippen molar-refractivity contribution in [2.24, 2.45) is 0 Å². The molecule has 5 rings (SSSR count). The first-order valence-electron chi connectivity index (χ1n) is 11.7. The molecule has 2 aliphatic heterocycles. The van der Waals surface area contributed by atoms with Gasteiger partial charge in [-0.3, -0.25) is 0 Å². The summed E-state index contributed by atoms with van der Waals surface area (Å²) in [7, 11) is 10.2. The van der Waals surface area contributed by atoms with E-state index in [9.17, 15) is 0 Å². The molecule has 3 aromatic carbocycles. The Balaban J connectivity index is 0.000000201. The van der Waals surface area contributed by atoms with E-state index in [1.165, 1.54) is 55.2 Å². The minimum Gasteiger partial charge on any atom is -0.502 e. The summed E-state index contributed by atoms with van der Waals surface area (Å²) in [5.41, 5.74) is 12.1. The van der Waals surface area contributed by atoms with Gasteiger partial charge in [0.05, 0.1) is 0 Å². The first kappa shape index (κ1) is 26.7. The molecule has 2 aliphatic rings. The van der Waals surface area contributed by atoms with Crippen LogP contribution in [0.2, 0.25) is 0 Å². The Kier molecular flexibility index (Phi) is 8.08. The fourth-order valence-electron chi connectivity index (χ4n) is 5.20. The zero-order chi connectivity index (χ0) is 25.5. The van der Waals surface area contributed by atoms with Crippen molar-refractivity contribution < 1.29 is 10.6 Å². The topological polar surface area (TPSA) is 6.48 Å². The minimum absolute atomic E-state index is 0.0872. The SMILES string of the molecule is C[S]1=[Ru]([Cl])([Cl])=[CH]c2ccccc21.Cc1cc(C)c(N2[CH-]N(c3c(C)cc(C)cc3C)CC2)c(C)c1. The molecule has 1 atom stereocenters. The summed E-state index contributed by atoms with van der Waals surface area (Å²) in [4.78, 5) is 6.15. The smallest absolute Gasteiger partial charge is 0.0146 e. The summed E-state index contributed by atoms with van der Waals surface area (Å²) in [5.74, 6) is 0. The van der Waals surface area contributed by atoms with E-state index in [0.717, 1.165) is 13.1 Å². The third-order valence-electron chi connectivity index (χ3n) is 6.44. The molecule has 1 fully saturated rings. The fraction of sp³-hybridized carbons (Fsp3) is 0.310. The second-order valence-electron chi connectivity index (χ2n) is 9.45. The molecule has 3 aromatic rings. The fourth-order valence-corrected chi connectivity index (χ4v) is 14.5. The van der Waals surface area contributed by atoms with E-state index in [1.54, 1.807) is 0 Å². The van der Waals surface area contributed by atoms with E-state index in [-0.39, 0.29) is 8.38 Å². The molecule has 1 saturated heterocycles. The van der Waals surface area contributed by atoms with Gasteiger partial charge in [-0.15, -0.1) is 0 Å². The predicted octanol–water partition coefficient (Wildman–Crippen LogP) is 8.47. The Labute approximate surface area is 222 Å². The number of benzene rings is 3. The van der Waals surface area contributed by atoms with Crippen molar-refractivity contribution in [1.82, 2.24) is 0 Å². The molecule has 190 valence electrons. The third-order valence-corrected chi connectivity index (χ3v) is 21.7. The van der Waals surface area contributed by atoms with E-state index in [1.807, 2.05) is 12.1 Å². The molecule has 6 heteroatoms. The van der Waals surface area contributed by atoms with Gasteiger partial charge in [0.25, 0.3) is 0 Å². The molecule has 0 aromatic heterocycles. The van der Waals surface area contributed by atoms with Crippen LogP contribution in [-0.2, 0) is 10.6 Å². The monoisotopic (exact) mass is 615 g/mol. The van der Waals surface area contributed by atoms with Crippen LogP contribution < -0.4 is 9.80 Å². The van der Waals surface area contributed by atoms with Crippen molar-refractivity contribution in [1.29, 1.82) is 0 Å². The summed E-state index contributed by atoms with van der Waals surface area (Å²) in [5, 5.41) is 0. The normalized spacial score (nSPS) is 19.1. The largest absolute Gasteiger partial charge is 0.502 e. The number of fused-ring (bicyclic) bond motifs is 1. The van der Waals surface area contributed by atoms with Crippen LogP contribution in [0.5, 0.6) is 0 Å². The average molecular weight is 616 g/mol. The number of hydrogen-bond donors (Lipinski definition) is 0. The van der Waals surface area contributed by atoms with Crippen molar-refractivity contribution in [2.75, 3.05) is 29.1 Å². The molecule has 0 N–H and O–H groups in total. The van der Waals surface area contributed by atoms with Gasteiger partial charge in [-0.05, 0) is 63.8 Å². The Bertz CT molecular complexity index is 1300. The number of anilines is 2. The Morgan fingerprint density at radius 1 is 0.743 bits per heavy atom. The van der Waals surface area contributed by atoms with Crippen LogP contribution in [0.15, 0.2) is 53.4 Å². The van der Waals surface area contributed by atoms with E-state index in [4.69, 9.17) is 19.4 Å². The van der Waals surface area contributed by atoms with E-state index < -0.39 is 10.6 Å². The zero-order valence-corrected chi connectivity index (χ0v) is 25.7. The maximum atomic E-state index is 6.28. The Morgan fingerprint density at radius 2 is 1.17 bits per heavy atom. The molecule has 0 amide bonds. The van der Waals surface area contributed by atoms with Crippen molar-refractivity contribution in [3.05, 3.63) is 94.1 Å². The number of nitrogens with zero attached hydrogens (tertiary/aromatic N) is 2. The zero-order valence-electron chi connectivity index (χ0n) is 21.6. The molecule has 2 nitrogen and oxygen atoms in total. The maximum absolute atomic E-state index is 6.28. The van der Waals surface area contributed by atoms with E-state index in [2.05, 4.69) is 105 Å². The van der Waals surface area contributed by atoms with Crippen LogP contribution in [0.3, 0.4) is 0 Å². The molecule has 0 radical (unpaired) electrons. The molecular weight excluding hydrogens is 580 g/mol. The number of hydrogen-bond acceptors (Lipinski definition) is 2. The molecule has 0 aliphatic carbocycles. The Hall–Kier alpha value is -1.32. The van der Waals surface area contributed by atoms with E-state index >= 15 is 0 Å². The summed E-state index contributed by atoms with van der Waals surface area (Å²) >= 11 is 0. The average Bonchev–Trinajstić information content (AvgIpc) is 3.30. The van der Waals surface area contributed by atoms with Gasteiger partial charge in [-0.1, -0.05) is 35.4 Å². The van der Waals surface area contributed by atoms with Crippen LogP contribution in [0.1, 0.15) is 38.9 Å². The summed E-state index contributed by atoms with van der Waals surface area (Å²) in [6.07, 6.45) is 2.15. The number of halogens is 2. The third kappa shape index (κ3) is 5.67. The van der Waals surface area contributed by atoms with Gasteiger partial charge < -0.3 is 9.80 Å². The van der Waals surface area contributed by atoms with Crippen molar-refractivity contribution >= 4 is 43.7 Å². The van der Waals surface area contributed by atoms with Gasteiger partial charge in [-0.2, -0.15) is 6.67 Å². The van der Waals surface area contributed by atoms with Gasteiger partial charge in [0, 0.05) is 24.5 Å². The minimum atomic E-state index is -2.42. The van der Waals surface area contributed by atoms with E-state index in [0.29, 0.717) is 0 Å². The van der Waals surface area contributed by atoms with Gasteiger partial charge in [0.15, 0.2) is 0 Å². The summed E-state index contributed by atoms with van der Waals surface area (Å²) in [6, 6.07) is 17.4. The standard InChI is InChI=1S/C21H27N2.C8H8S.2ClH.Ru/c1-14-9-16(3)20(17(4)10-14)22-7-8-23(13-22)21-18(5)11-15(2)12-19(21)6;1-7-5-3-4-6-8(7)9-2;;;/h9-13H,7-8H2,1-6H3;1,3-6H,2H3;2*1H;/q-1;;;;+2/p-2. The molecule has 1 unspecified atom stereocenters. The molecule has 0 spiro atoms. The van der Waals surface area contributed by atoms with Crippen LogP contribution in [-0.4, -0.2) is 24.0 Å². The molecule has 2 heterocycles.